The highest BCUT2D eigenvalue weighted by Gasteiger charge is 2.28. The summed E-state index contributed by atoms with van der Waals surface area (Å²) >= 11 is 1.30. The zero-order valence-electron chi connectivity index (χ0n) is 16.2. The molecule has 0 saturated carbocycles. The van der Waals surface area contributed by atoms with E-state index in [9.17, 15) is 9.59 Å². The number of thiophene rings is 1. The molecule has 9 heteroatoms. The summed E-state index contributed by atoms with van der Waals surface area (Å²) in [6, 6.07) is 11.0. The van der Waals surface area contributed by atoms with Crippen LogP contribution in [0.3, 0.4) is 0 Å². The molecule has 0 aliphatic carbocycles. The van der Waals surface area contributed by atoms with E-state index in [1.165, 1.54) is 11.3 Å². The number of imidazole rings is 1. The maximum atomic E-state index is 13.0. The number of rotatable bonds is 4. The molecule has 3 aromatic rings. The Kier molecular flexibility index (Phi) is 5.07. The van der Waals surface area contributed by atoms with Crippen molar-refractivity contribution in [2.45, 2.75) is 12.1 Å². The number of para-hydroxylation sites is 2. The number of benzene rings is 1. The van der Waals surface area contributed by atoms with E-state index in [2.05, 4.69) is 25.5 Å². The Hall–Kier alpha value is -3.01. The van der Waals surface area contributed by atoms with Gasteiger partial charge in [-0.1, -0.05) is 12.1 Å². The Bertz CT molecular complexity index is 1180. The van der Waals surface area contributed by atoms with Crippen molar-refractivity contribution in [1.82, 2.24) is 25.1 Å². The van der Waals surface area contributed by atoms with Gasteiger partial charge < -0.3 is 15.6 Å². The quantitative estimate of drug-likeness (QED) is 0.592. The average molecular weight is 423 g/mol. The van der Waals surface area contributed by atoms with Crippen LogP contribution in [0.2, 0.25) is 0 Å². The molecule has 2 aliphatic heterocycles. The topological polar surface area (TPSA) is 94.5 Å². The van der Waals surface area contributed by atoms with Gasteiger partial charge in [-0.2, -0.15) is 0 Å². The third kappa shape index (κ3) is 3.51. The summed E-state index contributed by atoms with van der Waals surface area (Å²) in [5.41, 5.74) is 1.35. The van der Waals surface area contributed by atoms with Crippen LogP contribution in [0.5, 0.6) is 0 Å². The third-order valence-electron chi connectivity index (χ3n) is 5.48. The summed E-state index contributed by atoms with van der Waals surface area (Å²) in [7, 11) is 0. The first-order valence-electron chi connectivity index (χ1n) is 9.96. The maximum absolute atomic E-state index is 13.0. The third-order valence-corrected chi connectivity index (χ3v) is 6.55. The monoisotopic (exact) mass is 422 g/mol. The first-order chi connectivity index (χ1) is 14.7. The van der Waals surface area contributed by atoms with Gasteiger partial charge in [-0.25, -0.2) is 4.79 Å². The van der Waals surface area contributed by atoms with Crippen molar-refractivity contribution in [3.05, 3.63) is 64.0 Å². The van der Waals surface area contributed by atoms with Crippen molar-refractivity contribution >= 4 is 34.5 Å². The van der Waals surface area contributed by atoms with E-state index in [1.807, 2.05) is 36.4 Å². The van der Waals surface area contributed by atoms with Crippen LogP contribution < -0.4 is 16.3 Å². The van der Waals surface area contributed by atoms with E-state index in [0.29, 0.717) is 9.88 Å². The van der Waals surface area contributed by atoms with E-state index in [4.69, 9.17) is 0 Å². The Morgan fingerprint density at radius 1 is 1.17 bits per heavy atom. The predicted molar refractivity (Wildman–Crippen MR) is 119 cm³/mol. The minimum Gasteiger partial charge on any atom is -0.342 e. The number of nitrogens with zero attached hydrogens (tertiary/aromatic N) is 3. The minimum atomic E-state index is -0.215. The molecule has 2 aromatic heterocycles. The van der Waals surface area contributed by atoms with Gasteiger partial charge in [0.05, 0.1) is 28.0 Å². The number of aromatic nitrogens is 2. The van der Waals surface area contributed by atoms with E-state index in [0.717, 1.165) is 37.2 Å². The number of amides is 1. The Morgan fingerprint density at radius 3 is 2.87 bits per heavy atom. The second-order valence-electron chi connectivity index (χ2n) is 7.34. The van der Waals surface area contributed by atoms with E-state index in [-0.39, 0.29) is 23.7 Å². The normalized spacial score (nSPS) is 21.9. The lowest BCUT2D eigenvalue weighted by atomic mass is 10.0. The van der Waals surface area contributed by atoms with Gasteiger partial charge in [0, 0.05) is 38.6 Å². The Morgan fingerprint density at radius 2 is 2.00 bits per heavy atom. The van der Waals surface area contributed by atoms with Gasteiger partial charge in [0.15, 0.2) is 0 Å². The molecule has 8 nitrogen and oxygen atoms in total. The molecular weight excluding hydrogens is 400 g/mol. The summed E-state index contributed by atoms with van der Waals surface area (Å²) in [5.74, 6) is -0.161. The van der Waals surface area contributed by atoms with Crippen molar-refractivity contribution in [2.75, 3.05) is 26.2 Å². The molecule has 1 amide bonds. The maximum Gasteiger partial charge on any atom is 0.331 e. The highest BCUT2D eigenvalue weighted by Crippen LogP contribution is 2.23. The van der Waals surface area contributed by atoms with Gasteiger partial charge in [-0.3, -0.25) is 19.3 Å². The summed E-state index contributed by atoms with van der Waals surface area (Å²) in [4.78, 5) is 35.4. The SMILES string of the molecule is O=C(NC1C=NC=CC1N1CCNCC1)c1ccc(-n2c(=O)[nH]c3ccccc32)s1. The van der Waals surface area contributed by atoms with E-state index >= 15 is 0 Å². The van der Waals surface area contributed by atoms with Gasteiger partial charge in [-0.15, -0.1) is 11.3 Å². The number of piperazine rings is 1. The zero-order chi connectivity index (χ0) is 20.5. The molecule has 0 bridgehead atoms. The molecule has 5 rings (SSSR count). The molecule has 1 aromatic carbocycles. The summed E-state index contributed by atoms with van der Waals surface area (Å²) in [5, 5.41) is 7.17. The number of fused-ring (bicyclic) bond motifs is 1. The van der Waals surface area contributed by atoms with Crippen molar-refractivity contribution in [1.29, 1.82) is 0 Å². The molecular formula is C21H22N6O2S. The van der Waals surface area contributed by atoms with Crippen molar-refractivity contribution in [2.24, 2.45) is 4.99 Å². The number of aliphatic imine (C=N–C) groups is 1. The lowest BCUT2D eigenvalue weighted by molar-refractivity contribution is 0.0928. The van der Waals surface area contributed by atoms with Gasteiger partial charge >= 0.3 is 5.69 Å². The first kappa shape index (κ1) is 19.0. The molecule has 2 aliphatic rings. The van der Waals surface area contributed by atoms with Crippen LogP contribution in [0.1, 0.15) is 9.67 Å². The molecule has 3 N–H and O–H groups in total. The highest BCUT2D eigenvalue weighted by molar-refractivity contribution is 7.16. The van der Waals surface area contributed by atoms with Gasteiger partial charge in [0.2, 0.25) is 0 Å². The van der Waals surface area contributed by atoms with Crippen LogP contribution in [0.25, 0.3) is 16.0 Å². The lowest BCUT2D eigenvalue weighted by Crippen LogP contribution is -2.57. The number of hydrogen-bond donors (Lipinski definition) is 3. The summed E-state index contributed by atoms with van der Waals surface area (Å²) in [6.45, 7) is 3.75. The van der Waals surface area contributed by atoms with Crippen LogP contribution in [-0.2, 0) is 0 Å². The largest absolute Gasteiger partial charge is 0.342 e. The fourth-order valence-electron chi connectivity index (χ4n) is 4.01. The number of carbonyl (C=O) groups excluding carboxylic acids is 1. The number of carbonyl (C=O) groups is 1. The lowest BCUT2D eigenvalue weighted by Gasteiger charge is -2.37. The fourth-order valence-corrected chi connectivity index (χ4v) is 4.93. The average Bonchev–Trinajstić information content (AvgIpc) is 3.38. The first-order valence-corrected chi connectivity index (χ1v) is 10.8. The number of aromatic amines is 1. The molecule has 2 unspecified atom stereocenters. The molecule has 1 fully saturated rings. The zero-order valence-corrected chi connectivity index (χ0v) is 17.1. The molecule has 2 atom stereocenters. The Labute approximate surface area is 176 Å². The smallest absolute Gasteiger partial charge is 0.331 e. The standard InChI is InChI=1S/C21H22N6O2S/c28-20(24-15-13-23-8-7-16(15)26-11-9-22-10-12-26)18-5-6-19(30-18)27-17-4-2-1-3-14(17)25-21(27)29/h1-8,13,15-16,22H,9-12H2,(H,24,28)(H,25,29). The van der Waals surface area contributed by atoms with Crippen molar-refractivity contribution in [3.63, 3.8) is 0 Å². The number of H-pyrrole nitrogens is 1. The van der Waals surface area contributed by atoms with E-state index in [1.54, 1.807) is 23.0 Å². The second kappa shape index (κ2) is 8.02. The Balaban J connectivity index is 1.36. The van der Waals surface area contributed by atoms with Crippen LogP contribution in [0.4, 0.5) is 0 Å². The second-order valence-corrected chi connectivity index (χ2v) is 8.40. The molecule has 1 saturated heterocycles. The van der Waals surface area contributed by atoms with Crippen LogP contribution in [-0.4, -0.2) is 64.8 Å². The van der Waals surface area contributed by atoms with Crippen molar-refractivity contribution in [3.8, 4) is 5.00 Å². The minimum absolute atomic E-state index is 0.0872. The number of hydrogen-bond acceptors (Lipinski definition) is 6. The summed E-state index contributed by atoms with van der Waals surface area (Å²) in [6.07, 6.45) is 5.63. The van der Waals surface area contributed by atoms with Crippen LogP contribution >= 0.6 is 11.3 Å². The molecule has 154 valence electrons. The molecule has 0 radical (unpaired) electrons. The number of nitrogens with one attached hydrogen (secondary N) is 3. The van der Waals surface area contributed by atoms with Gasteiger partial charge in [0.1, 0.15) is 5.00 Å². The van der Waals surface area contributed by atoms with Crippen LogP contribution in [0.15, 0.2) is 58.5 Å². The molecule has 4 heterocycles. The van der Waals surface area contributed by atoms with Crippen molar-refractivity contribution < 1.29 is 4.79 Å². The fraction of sp³-hybridized carbons (Fsp3) is 0.286. The van der Waals surface area contributed by atoms with E-state index < -0.39 is 0 Å². The molecule has 30 heavy (non-hydrogen) atoms. The van der Waals surface area contributed by atoms with Gasteiger partial charge in [-0.05, 0) is 30.3 Å². The summed E-state index contributed by atoms with van der Waals surface area (Å²) < 4.78 is 1.60. The van der Waals surface area contributed by atoms with Crippen LogP contribution in [0, 0.1) is 0 Å². The highest BCUT2D eigenvalue weighted by atomic mass is 32.1. The predicted octanol–water partition coefficient (Wildman–Crippen LogP) is 1.35. The van der Waals surface area contributed by atoms with Gasteiger partial charge in [0.25, 0.3) is 5.91 Å². The molecule has 0 spiro atoms.